The molecule has 0 aromatic heterocycles. The number of carbonyl (C=O) groups excluding carboxylic acids is 5. The van der Waals surface area contributed by atoms with Crippen molar-refractivity contribution >= 4 is 41.3 Å². The lowest BCUT2D eigenvalue weighted by Gasteiger charge is -2.29. The van der Waals surface area contributed by atoms with Crippen LogP contribution in [0.25, 0.3) is 0 Å². The Labute approximate surface area is 232 Å². The third-order valence-electron chi connectivity index (χ3n) is 6.68. The summed E-state index contributed by atoms with van der Waals surface area (Å²) in [6.07, 6.45) is 1.26. The van der Waals surface area contributed by atoms with Gasteiger partial charge in [0.15, 0.2) is 6.29 Å². The van der Waals surface area contributed by atoms with Crippen LogP contribution in [0.15, 0.2) is 66.7 Å². The first-order valence-corrected chi connectivity index (χ1v) is 12.8. The lowest BCUT2D eigenvalue weighted by molar-refractivity contribution is -0.136. The molecule has 1 aliphatic rings. The van der Waals surface area contributed by atoms with Crippen molar-refractivity contribution in [2.75, 3.05) is 31.8 Å². The van der Waals surface area contributed by atoms with E-state index in [4.69, 9.17) is 0 Å². The SMILES string of the molecule is CNc1ccc(CC2NC(=O)C(Cc3ccc(NC(=O)c4ccc(C=O)c(C(=O)N(C)C)c4)cc3)NC2=O)cc1. The quantitative estimate of drug-likeness (QED) is 0.307. The van der Waals surface area contributed by atoms with Gasteiger partial charge < -0.3 is 26.2 Å². The Morgan fingerprint density at radius 3 is 1.82 bits per heavy atom. The minimum atomic E-state index is -0.708. The van der Waals surface area contributed by atoms with Gasteiger partial charge in [0.2, 0.25) is 11.8 Å². The van der Waals surface area contributed by atoms with Gasteiger partial charge in [-0.3, -0.25) is 24.0 Å². The van der Waals surface area contributed by atoms with Crippen molar-refractivity contribution in [1.29, 1.82) is 0 Å². The summed E-state index contributed by atoms with van der Waals surface area (Å²) in [7, 11) is 4.96. The number of benzene rings is 3. The molecule has 2 unspecified atom stereocenters. The molecule has 4 amide bonds. The van der Waals surface area contributed by atoms with Crippen LogP contribution in [0.1, 0.15) is 42.2 Å². The zero-order valence-corrected chi connectivity index (χ0v) is 22.5. The standard InChI is InChI=1S/C30H31N5O5/c1-31-22-10-4-18(5-11-22)14-25-28(38)34-26(29(39)33-25)15-19-6-12-23(13-7-19)32-27(37)20-8-9-21(17-36)24(16-20)30(40)35(2)3/h4-13,16-17,25-26,31H,14-15H2,1-3H3,(H,32,37)(H,33,39)(H,34,38). The van der Waals surface area contributed by atoms with E-state index in [-0.39, 0.29) is 34.4 Å². The van der Waals surface area contributed by atoms with Crippen molar-refractivity contribution in [3.63, 3.8) is 0 Å². The number of nitrogens with zero attached hydrogens (tertiary/aromatic N) is 1. The van der Waals surface area contributed by atoms with Gasteiger partial charge in [-0.25, -0.2) is 0 Å². The van der Waals surface area contributed by atoms with Gasteiger partial charge in [-0.1, -0.05) is 30.3 Å². The molecule has 1 saturated heterocycles. The third-order valence-corrected chi connectivity index (χ3v) is 6.68. The van der Waals surface area contributed by atoms with Crippen LogP contribution >= 0.6 is 0 Å². The Hall–Kier alpha value is -4.99. The molecular weight excluding hydrogens is 510 g/mol. The predicted octanol–water partition coefficient (Wildman–Crippen LogP) is 2.26. The molecule has 1 heterocycles. The predicted molar refractivity (Wildman–Crippen MR) is 152 cm³/mol. The molecule has 206 valence electrons. The van der Waals surface area contributed by atoms with Crippen molar-refractivity contribution in [3.8, 4) is 0 Å². The highest BCUT2D eigenvalue weighted by molar-refractivity contribution is 6.08. The topological polar surface area (TPSA) is 137 Å². The molecule has 1 fully saturated rings. The van der Waals surface area contributed by atoms with Crippen molar-refractivity contribution in [1.82, 2.24) is 15.5 Å². The Balaban J connectivity index is 1.35. The van der Waals surface area contributed by atoms with Crippen LogP contribution in [-0.2, 0) is 22.4 Å². The molecule has 1 aliphatic heterocycles. The van der Waals surface area contributed by atoms with Crippen molar-refractivity contribution in [3.05, 3.63) is 94.5 Å². The number of aldehydes is 1. The van der Waals surface area contributed by atoms with Crippen LogP contribution in [0.2, 0.25) is 0 Å². The first-order chi connectivity index (χ1) is 19.2. The lowest BCUT2D eigenvalue weighted by Crippen LogP contribution is -2.62. The van der Waals surface area contributed by atoms with Gasteiger partial charge in [0, 0.05) is 56.5 Å². The number of nitrogens with one attached hydrogen (secondary N) is 4. The molecule has 0 saturated carbocycles. The average molecular weight is 542 g/mol. The second-order valence-corrected chi connectivity index (χ2v) is 9.75. The van der Waals surface area contributed by atoms with Crippen molar-refractivity contribution in [2.24, 2.45) is 0 Å². The highest BCUT2D eigenvalue weighted by Crippen LogP contribution is 2.17. The molecule has 0 spiro atoms. The van der Waals surface area contributed by atoms with Gasteiger partial charge in [0.05, 0.1) is 5.56 Å². The van der Waals surface area contributed by atoms with E-state index in [1.807, 2.05) is 31.3 Å². The highest BCUT2D eigenvalue weighted by atomic mass is 16.2. The zero-order chi connectivity index (χ0) is 28.8. The summed E-state index contributed by atoms with van der Waals surface area (Å²) in [6.45, 7) is 0. The van der Waals surface area contributed by atoms with E-state index >= 15 is 0 Å². The summed E-state index contributed by atoms with van der Waals surface area (Å²) in [6, 6.07) is 17.5. The minimum absolute atomic E-state index is 0.143. The molecule has 4 rings (SSSR count). The van der Waals surface area contributed by atoms with E-state index in [2.05, 4.69) is 21.3 Å². The minimum Gasteiger partial charge on any atom is -0.388 e. The van der Waals surface area contributed by atoms with Crippen LogP contribution in [0.3, 0.4) is 0 Å². The molecule has 10 heteroatoms. The Morgan fingerprint density at radius 2 is 1.35 bits per heavy atom. The van der Waals surface area contributed by atoms with Crippen LogP contribution in [0, 0.1) is 0 Å². The molecule has 3 aromatic carbocycles. The number of piperazine rings is 1. The van der Waals surface area contributed by atoms with Crippen LogP contribution < -0.4 is 21.3 Å². The van der Waals surface area contributed by atoms with E-state index in [1.54, 1.807) is 38.4 Å². The number of rotatable bonds is 9. The maximum Gasteiger partial charge on any atom is 0.255 e. The zero-order valence-electron chi connectivity index (χ0n) is 22.5. The summed E-state index contributed by atoms with van der Waals surface area (Å²) in [5, 5.41) is 11.5. The van der Waals surface area contributed by atoms with Gasteiger partial charge in [0.25, 0.3) is 11.8 Å². The maximum absolute atomic E-state index is 12.8. The first-order valence-electron chi connectivity index (χ1n) is 12.8. The number of hydrogen-bond donors (Lipinski definition) is 4. The molecule has 2 atom stereocenters. The monoisotopic (exact) mass is 541 g/mol. The van der Waals surface area contributed by atoms with Crippen LogP contribution in [0.4, 0.5) is 11.4 Å². The maximum atomic E-state index is 12.8. The number of hydrogen-bond acceptors (Lipinski definition) is 6. The Kier molecular flexibility index (Phi) is 8.58. The van der Waals surface area contributed by atoms with E-state index in [9.17, 15) is 24.0 Å². The van der Waals surface area contributed by atoms with Gasteiger partial charge in [-0.05, 0) is 47.5 Å². The fraction of sp³-hybridized carbons (Fsp3) is 0.233. The second kappa shape index (κ2) is 12.2. The summed E-state index contributed by atoms with van der Waals surface area (Å²) < 4.78 is 0. The number of anilines is 2. The average Bonchev–Trinajstić information content (AvgIpc) is 2.96. The molecule has 4 N–H and O–H groups in total. The smallest absolute Gasteiger partial charge is 0.255 e. The third kappa shape index (κ3) is 6.52. The van der Waals surface area contributed by atoms with Crippen molar-refractivity contribution in [2.45, 2.75) is 24.9 Å². The van der Waals surface area contributed by atoms with Gasteiger partial charge in [-0.15, -0.1) is 0 Å². The summed E-state index contributed by atoms with van der Waals surface area (Å²) in [4.78, 5) is 63.3. The van der Waals surface area contributed by atoms with E-state index in [0.717, 1.165) is 16.8 Å². The highest BCUT2D eigenvalue weighted by Gasteiger charge is 2.33. The molecular formula is C30H31N5O5. The number of carbonyl (C=O) groups is 5. The van der Waals surface area contributed by atoms with Crippen molar-refractivity contribution < 1.29 is 24.0 Å². The normalized spacial score (nSPS) is 16.4. The van der Waals surface area contributed by atoms with Gasteiger partial charge in [0.1, 0.15) is 12.1 Å². The molecule has 0 bridgehead atoms. The van der Waals surface area contributed by atoms with E-state index < -0.39 is 18.0 Å². The second-order valence-electron chi connectivity index (χ2n) is 9.75. The van der Waals surface area contributed by atoms with Gasteiger partial charge >= 0.3 is 0 Å². The molecule has 3 aromatic rings. The largest absolute Gasteiger partial charge is 0.388 e. The summed E-state index contributed by atoms with van der Waals surface area (Å²) >= 11 is 0. The fourth-order valence-electron chi connectivity index (χ4n) is 4.40. The number of amides is 4. The Morgan fingerprint density at radius 1 is 0.825 bits per heavy atom. The summed E-state index contributed by atoms with van der Waals surface area (Å²) in [5.41, 5.74) is 3.79. The molecule has 40 heavy (non-hydrogen) atoms. The first kappa shape index (κ1) is 28.0. The van der Waals surface area contributed by atoms with Crippen LogP contribution in [-0.4, -0.2) is 68.0 Å². The molecule has 10 nitrogen and oxygen atoms in total. The lowest BCUT2D eigenvalue weighted by atomic mass is 9.98. The molecule has 0 aliphatic carbocycles. The summed E-state index contributed by atoms with van der Waals surface area (Å²) in [5.74, 6) is -1.31. The van der Waals surface area contributed by atoms with E-state index in [0.29, 0.717) is 24.8 Å². The Bertz CT molecular complexity index is 1430. The van der Waals surface area contributed by atoms with Crippen LogP contribution in [0.5, 0.6) is 0 Å². The fourth-order valence-corrected chi connectivity index (χ4v) is 4.40. The molecule has 0 radical (unpaired) electrons. The van der Waals surface area contributed by atoms with Gasteiger partial charge in [-0.2, -0.15) is 0 Å². The van der Waals surface area contributed by atoms with E-state index in [1.165, 1.54) is 23.1 Å².